The van der Waals surface area contributed by atoms with E-state index in [0.29, 0.717) is 16.8 Å². The molecule has 2 N–H and O–H groups in total. The molecule has 3 rings (SSSR count). The Morgan fingerprint density at radius 2 is 1.64 bits per heavy atom. The van der Waals surface area contributed by atoms with E-state index in [0.717, 1.165) is 5.56 Å². The highest BCUT2D eigenvalue weighted by Crippen LogP contribution is 2.12. The summed E-state index contributed by atoms with van der Waals surface area (Å²) in [4.78, 5) is 14.6. The van der Waals surface area contributed by atoms with Crippen molar-refractivity contribution in [2.45, 2.75) is 11.8 Å². The number of carbonyl (C=O) groups excluding carboxylic acids is 1. The van der Waals surface area contributed by atoms with E-state index in [2.05, 4.69) is 15.2 Å². The van der Waals surface area contributed by atoms with Crippen LogP contribution in [0.3, 0.4) is 0 Å². The minimum absolute atomic E-state index is 0.131. The summed E-state index contributed by atoms with van der Waals surface area (Å²) in [5.74, 6) is -0.223. The number of anilines is 1. The van der Waals surface area contributed by atoms with Gasteiger partial charge in [0, 0.05) is 11.3 Å². The van der Waals surface area contributed by atoms with Crippen LogP contribution in [0, 0.1) is 6.92 Å². The number of hydrazone groups is 1. The molecule has 0 aliphatic rings. The standard InChI is InChI=1S/C21H19N3O3S/c1-16-10-12-18(13-11-16)21(25)23-19-7-5-6-17(14-19)15-22-24-28(26,27)20-8-3-2-4-9-20/h2-15,24H,1H3,(H,23,25)/b22-15+. The third-order valence-corrected chi connectivity index (χ3v) is 5.14. The van der Waals surface area contributed by atoms with Crippen molar-refractivity contribution < 1.29 is 13.2 Å². The molecule has 0 aliphatic heterocycles. The van der Waals surface area contributed by atoms with E-state index in [1.54, 1.807) is 54.6 Å². The van der Waals surface area contributed by atoms with Gasteiger partial charge in [-0.1, -0.05) is 48.0 Å². The number of hydrogen-bond donors (Lipinski definition) is 2. The molecule has 0 aliphatic carbocycles. The smallest absolute Gasteiger partial charge is 0.276 e. The zero-order chi connectivity index (χ0) is 20.0. The second-order valence-electron chi connectivity index (χ2n) is 6.11. The summed E-state index contributed by atoms with van der Waals surface area (Å²) in [7, 11) is -3.72. The van der Waals surface area contributed by atoms with E-state index >= 15 is 0 Å². The Kier molecular flexibility index (Phi) is 5.86. The highest BCUT2D eigenvalue weighted by Gasteiger charge is 2.11. The van der Waals surface area contributed by atoms with Crippen LogP contribution in [0.5, 0.6) is 0 Å². The number of aryl methyl sites for hydroxylation is 1. The topological polar surface area (TPSA) is 87.6 Å². The largest absolute Gasteiger partial charge is 0.322 e. The highest BCUT2D eigenvalue weighted by molar-refractivity contribution is 7.89. The zero-order valence-electron chi connectivity index (χ0n) is 15.2. The van der Waals surface area contributed by atoms with Gasteiger partial charge in [0.1, 0.15) is 0 Å². The summed E-state index contributed by atoms with van der Waals surface area (Å²) in [6.07, 6.45) is 1.38. The summed E-state index contributed by atoms with van der Waals surface area (Å²) in [5, 5.41) is 6.61. The molecule has 142 valence electrons. The molecular formula is C21H19N3O3S. The number of nitrogens with zero attached hydrogens (tertiary/aromatic N) is 1. The molecule has 3 aromatic carbocycles. The van der Waals surface area contributed by atoms with E-state index in [9.17, 15) is 13.2 Å². The molecule has 7 heteroatoms. The molecule has 1 amide bonds. The number of sulfonamides is 1. The molecule has 0 saturated carbocycles. The van der Waals surface area contributed by atoms with E-state index in [1.807, 2.05) is 19.1 Å². The lowest BCUT2D eigenvalue weighted by molar-refractivity contribution is 0.102. The normalized spacial score (nSPS) is 11.3. The van der Waals surface area contributed by atoms with Gasteiger partial charge >= 0.3 is 0 Å². The van der Waals surface area contributed by atoms with Crippen LogP contribution in [-0.4, -0.2) is 20.5 Å². The van der Waals surface area contributed by atoms with Crippen molar-refractivity contribution in [1.29, 1.82) is 0 Å². The summed E-state index contributed by atoms with van der Waals surface area (Å²) < 4.78 is 24.3. The Bertz CT molecular complexity index is 1090. The lowest BCUT2D eigenvalue weighted by Crippen LogP contribution is -2.18. The third kappa shape index (κ3) is 5.05. The lowest BCUT2D eigenvalue weighted by Gasteiger charge is -2.06. The fraction of sp³-hybridized carbons (Fsp3) is 0.0476. The monoisotopic (exact) mass is 393 g/mol. The van der Waals surface area contributed by atoms with Crippen LogP contribution in [0.2, 0.25) is 0 Å². The first-order valence-corrected chi connectivity index (χ1v) is 10.0. The lowest BCUT2D eigenvalue weighted by atomic mass is 10.1. The average Bonchev–Trinajstić information content (AvgIpc) is 2.69. The Labute approximate surface area is 164 Å². The first-order valence-electron chi connectivity index (χ1n) is 8.52. The fourth-order valence-corrected chi connectivity index (χ4v) is 3.24. The molecule has 0 fully saturated rings. The van der Waals surface area contributed by atoms with Crippen LogP contribution in [0.4, 0.5) is 5.69 Å². The number of benzene rings is 3. The van der Waals surface area contributed by atoms with Crippen LogP contribution < -0.4 is 10.1 Å². The molecule has 28 heavy (non-hydrogen) atoms. The molecule has 0 unspecified atom stereocenters. The van der Waals surface area contributed by atoms with E-state index in [4.69, 9.17) is 0 Å². The maximum absolute atomic E-state index is 12.3. The molecule has 0 radical (unpaired) electrons. The van der Waals surface area contributed by atoms with Gasteiger partial charge in [0.25, 0.3) is 15.9 Å². The van der Waals surface area contributed by atoms with Crippen molar-refractivity contribution in [3.05, 3.63) is 95.6 Å². The average molecular weight is 393 g/mol. The SMILES string of the molecule is Cc1ccc(C(=O)Nc2cccc(/C=N/NS(=O)(=O)c3ccccc3)c2)cc1. The van der Waals surface area contributed by atoms with Crippen molar-refractivity contribution in [3.8, 4) is 0 Å². The van der Waals surface area contributed by atoms with Crippen molar-refractivity contribution in [2.75, 3.05) is 5.32 Å². The number of nitrogens with one attached hydrogen (secondary N) is 2. The Morgan fingerprint density at radius 3 is 2.36 bits per heavy atom. The third-order valence-electron chi connectivity index (χ3n) is 3.90. The predicted octanol–water partition coefficient (Wildman–Crippen LogP) is 3.56. The van der Waals surface area contributed by atoms with E-state index in [-0.39, 0.29) is 10.8 Å². The summed E-state index contributed by atoms with van der Waals surface area (Å²) in [6, 6.07) is 22.2. The molecule has 0 aromatic heterocycles. The van der Waals surface area contributed by atoms with Crippen molar-refractivity contribution in [2.24, 2.45) is 5.10 Å². The second-order valence-corrected chi connectivity index (χ2v) is 7.77. The highest BCUT2D eigenvalue weighted by atomic mass is 32.2. The van der Waals surface area contributed by atoms with Gasteiger partial charge in [0.2, 0.25) is 0 Å². The fourth-order valence-electron chi connectivity index (χ4n) is 2.43. The minimum Gasteiger partial charge on any atom is -0.322 e. The number of amides is 1. The minimum atomic E-state index is -3.72. The summed E-state index contributed by atoms with van der Waals surface area (Å²) in [5.41, 5.74) is 2.85. The van der Waals surface area contributed by atoms with Gasteiger partial charge in [-0.2, -0.15) is 13.5 Å². The van der Waals surface area contributed by atoms with Gasteiger partial charge in [-0.05, 0) is 48.9 Å². The molecule has 0 spiro atoms. The Morgan fingerprint density at radius 1 is 0.929 bits per heavy atom. The van der Waals surface area contributed by atoms with E-state index in [1.165, 1.54) is 18.3 Å². The van der Waals surface area contributed by atoms with Crippen LogP contribution in [0.15, 0.2) is 88.9 Å². The number of hydrogen-bond acceptors (Lipinski definition) is 4. The molecule has 0 bridgehead atoms. The molecule has 0 heterocycles. The van der Waals surface area contributed by atoms with Gasteiger partial charge in [-0.25, -0.2) is 4.83 Å². The second kappa shape index (κ2) is 8.49. The van der Waals surface area contributed by atoms with Crippen LogP contribution in [-0.2, 0) is 10.0 Å². The van der Waals surface area contributed by atoms with Gasteiger partial charge in [-0.3, -0.25) is 4.79 Å². The number of rotatable bonds is 6. The van der Waals surface area contributed by atoms with Gasteiger partial charge in [0.15, 0.2) is 0 Å². The zero-order valence-corrected chi connectivity index (χ0v) is 16.0. The van der Waals surface area contributed by atoms with Gasteiger partial charge < -0.3 is 5.32 Å². The number of carbonyl (C=O) groups is 1. The predicted molar refractivity (Wildman–Crippen MR) is 110 cm³/mol. The summed E-state index contributed by atoms with van der Waals surface area (Å²) in [6.45, 7) is 1.95. The van der Waals surface area contributed by atoms with Gasteiger partial charge in [-0.15, -0.1) is 0 Å². The molecule has 0 saturated heterocycles. The molecule has 0 atom stereocenters. The van der Waals surface area contributed by atoms with Crippen LogP contribution in [0.1, 0.15) is 21.5 Å². The van der Waals surface area contributed by atoms with Crippen LogP contribution in [0.25, 0.3) is 0 Å². The maximum atomic E-state index is 12.3. The quantitative estimate of drug-likeness (QED) is 0.496. The first kappa shape index (κ1) is 19.3. The summed E-state index contributed by atoms with van der Waals surface area (Å²) >= 11 is 0. The molecular weight excluding hydrogens is 374 g/mol. The molecule has 3 aromatic rings. The Hall–Kier alpha value is -3.45. The van der Waals surface area contributed by atoms with Crippen LogP contribution >= 0.6 is 0 Å². The maximum Gasteiger partial charge on any atom is 0.276 e. The van der Waals surface area contributed by atoms with E-state index < -0.39 is 10.0 Å². The first-order chi connectivity index (χ1) is 13.4. The van der Waals surface area contributed by atoms with Gasteiger partial charge in [0.05, 0.1) is 11.1 Å². The van der Waals surface area contributed by atoms with Crippen molar-refractivity contribution >= 4 is 27.8 Å². The van der Waals surface area contributed by atoms with Crippen molar-refractivity contribution in [1.82, 2.24) is 4.83 Å². The van der Waals surface area contributed by atoms with Crippen molar-refractivity contribution in [3.63, 3.8) is 0 Å². The molecule has 6 nitrogen and oxygen atoms in total. The Balaban J connectivity index is 1.67.